The summed E-state index contributed by atoms with van der Waals surface area (Å²) < 4.78 is 9.73. The average molecular weight is 220 g/mol. The van der Waals surface area contributed by atoms with Gasteiger partial charge in [-0.05, 0) is 18.6 Å². The third-order valence-electron chi connectivity index (χ3n) is 1.73. The predicted octanol–water partition coefficient (Wildman–Crippen LogP) is 1.87. The van der Waals surface area contributed by atoms with Crippen molar-refractivity contribution in [2.75, 3.05) is 0 Å². The van der Waals surface area contributed by atoms with E-state index in [-0.39, 0.29) is 0 Å². The molecule has 4 heteroatoms. The number of rotatable bonds is 3. The Morgan fingerprint density at radius 1 is 1.19 bits per heavy atom. The SMILES string of the molecule is [CH]c1cccc(C(OC(C)=O)OC(C)=O)c1. The Morgan fingerprint density at radius 3 is 2.19 bits per heavy atom. The van der Waals surface area contributed by atoms with Crippen molar-refractivity contribution in [3.05, 3.63) is 42.3 Å². The van der Waals surface area contributed by atoms with Crippen molar-refractivity contribution >= 4 is 11.9 Å². The van der Waals surface area contributed by atoms with Gasteiger partial charge in [0, 0.05) is 19.4 Å². The van der Waals surface area contributed by atoms with Crippen LogP contribution >= 0.6 is 0 Å². The van der Waals surface area contributed by atoms with Gasteiger partial charge >= 0.3 is 11.9 Å². The summed E-state index contributed by atoms with van der Waals surface area (Å²) in [5.74, 6) is -1.07. The summed E-state index contributed by atoms with van der Waals surface area (Å²) in [5.41, 5.74) is 1.02. The zero-order valence-electron chi connectivity index (χ0n) is 9.10. The molecule has 1 rings (SSSR count). The van der Waals surface area contributed by atoms with E-state index in [0.717, 1.165) is 0 Å². The second-order valence-electron chi connectivity index (χ2n) is 3.22. The number of carbonyl (C=O) groups is 2. The smallest absolute Gasteiger partial charge is 0.305 e. The van der Waals surface area contributed by atoms with Gasteiger partial charge in [-0.15, -0.1) is 0 Å². The molecule has 0 unspecified atom stereocenters. The molecule has 84 valence electrons. The Hall–Kier alpha value is -1.84. The number of hydrogen-bond acceptors (Lipinski definition) is 4. The molecule has 2 radical (unpaired) electrons. The third-order valence-corrected chi connectivity index (χ3v) is 1.73. The normalized spacial score (nSPS) is 10.0. The van der Waals surface area contributed by atoms with Crippen LogP contribution in [0, 0.1) is 6.92 Å². The summed E-state index contributed by atoms with van der Waals surface area (Å²) in [5, 5.41) is 0. The summed E-state index contributed by atoms with van der Waals surface area (Å²) in [6, 6.07) is 6.61. The molecule has 0 spiro atoms. The molecule has 0 bridgehead atoms. The molecular formula is C12H12O4. The minimum absolute atomic E-state index is 0.502. The van der Waals surface area contributed by atoms with Gasteiger partial charge in [-0.1, -0.05) is 18.2 Å². The van der Waals surface area contributed by atoms with Crippen molar-refractivity contribution in [3.63, 3.8) is 0 Å². The number of esters is 2. The maximum Gasteiger partial charge on any atom is 0.305 e. The molecule has 0 aliphatic carbocycles. The number of ether oxygens (including phenoxy) is 2. The molecule has 4 nitrogen and oxygen atoms in total. The third kappa shape index (κ3) is 3.73. The summed E-state index contributed by atoms with van der Waals surface area (Å²) in [7, 11) is 0. The molecule has 0 aromatic heterocycles. The van der Waals surface area contributed by atoms with E-state index in [4.69, 9.17) is 16.4 Å². The first-order chi connectivity index (χ1) is 7.49. The fraction of sp³-hybridized carbons (Fsp3) is 0.250. The fourth-order valence-electron chi connectivity index (χ4n) is 1.17. The van der Waals surface area contributed by atoms with Crippen molar-refractivity contribution < 1.29 is 19.1 Å². The van der Waals surface area contributed by atoms with Crippen molar-refractivity contribution in [1.82, 2.24) is 0 Å². The molecule has 0 saturated heterocycles. The van der Waals surface area contributed by atoms with Crippen molar-refractivity contribution in [2.45, 2.75) is 20.1 Å². The van der Waals surface area contributed by atoms with E-state index in [9.17, 15) is 9.59 Å². The summed E-state index contributed by atoms with van der Waals surface area (Å²) >= 11 is 0. The lowest BCUT2D eigenvalue weighted by Crippen LogP contribution is -2.15. The Balaban J connectivity index is 2.90. The zero-order chi connectivity index (χ0) is 12.1. The quantitative estimate of drug-likeness (QED) is 0.576. The molecule has 0 N–H and O–H groups in total. The highest BCUT2D eigenvalue weighted by atomic mass is 16.7. The molecule has 16 heavy (non-hydrogen) atoms. The van der Waals surface area contributed by atoms with E-state index < -0.39 is 18.2 Å². The second kappa shape index (κ2) is 5.30. The van der Waals surface area contributed by atoms with Crippen LogP contribution in [-0.2, 0) is 19.1 Å². The summed E-state index contributed by atoms with van der Waals surface area (Å²) in [6.45, 7) is 8.05. The van der Waals surface area contributed by atoms with Gasteiger partial charge < -0.3 is 9.47 Å². The highest BCUT2D eigenvalue weighted by Gasteiger charge is 2.17. The molecule has 0 heterocycles. The Morgan fingerprint density at radius 2 is 1.75 bits per heavy atom. The number of hydrogen-bond donors (Lipinski definition) is 0. The highest BCUT2D eigenvalue weighted by Crippen LogP contribution is 2.20. The van der Waals surface area contributed by atoms with E-state index in [0.29, 0.717) is 11.1 Å². The van der Waals surface area contributed by atoms with Gasteiger partial charge in [0.05, 0.1) is 0 Å². The Kier molecular flexibility index (Phi) is 4.05. The van der Waals surface area contributed by atoms with Gasteiger partial charge in [0.25, 0.3) is 6.29 Å². The molecule has 0 fully saturated rings. The maximum absolute atomic E-state index is 10.8. The molecule has 0 amide bonds. The van der Waals surface area contributed by atoms with Gasteiger partial charge in [-0.3, -0.25) is 9.59 Å². The van der Waals surface area contributed by atoms with Crippen molar-refractivity contribution in [1.29, 1.82) is 0 Å². The van der Waals surface area contributed by atoms with Gasteiger partial charge in [0.2, 0.25) is 0 Å². The molecule has 0 saturated carbocycles. The van der Waals surface area contributed by atoms with Crippen LogP contribution in [0.15, 0.2) is 24.3 Å². The van der Waals surface area contributed by atoms with Crippen LogP contribution < -0.4 is 0 Å². The van der Waals surface area contributed by atoms with Crippen LogP contribution in [0.2, 0.25) is 0 Å². The first-order valence-electron chi connectivity index (χ1n) is 4.69. The second-order valence-corrected chi connectivity index (χ2v) is 3.22. The maximum atomic E-state index is 10.8. The minimum atomic E-state index is -1.04. The number of benzene rings is 1. The van der Waals surface area contributed by atoms with Gasteiger partial charge in [-0.25, -0.2) is 0 Å². The first kappa shape index (κ1) is 12.2. The topological polar surface area (TPSA) is 52.6 Å². The van der Waals surface area contributed by atoms with Crippen molar-refractivity contribution in [3.8, 4) is 0 Å². The van der Waals surface area contributed by atoms with E-state index in [1.54, 1.807) is 24.3 Å². The van der Waals surface area contributed by atoms with E-state index in [1.165, 1.54) is 13.8 Å². The molecule has 0 aliphatic rings. The highest BCUT2D eigenvalue weighted by molar-refractivity contribution is 5.68. The molecule has 0 aliphatic heterocycles. The van der Waals surface area contributed by atoms with Gasteiger partial charge in [-0.2, -0.15) is 0 Å². The molecular weight excluding hydrogens is 208 g/mol. The minimum Gasteiger partial charge on any atom is -0.421 e. The van der Waals surface area contributed by atoms with Crippen LogP contribution in [0.4, 0.5) is 0 Å². The van der Waals surface area contributed by atoms with Crippen LogP contribution in [0.3, 0.4) is 0 Å². The average Bonchev–Trinajstić information content (AvgIpc) is 2.15. The Bertz CT molecular complexity index is 382. The van der Waals surface area contributed by atoms with Crippen LogP contribution in [0.25, 0.3) is 0 Å². The van der Waals surface area contributed by atoms with Gasteiger partial charge in [0.15, 0.2) is 0 Å². The summed E-state index contributed by atoms with van der Waals surface area (Å²) in [4.78, 5) is 21.7. The van der Waals surface area contributed by atoms with Crippen LogP contribution in [0.5, 0.6) is 0 Å². The van der Waals surface area contributed by atoms with E-state index in [2.05, 4.69) is 0 Å². The predicted molar refractivity (Wildman–Crippen MR) is 56.1 cm³/mol. The molecule has 1 aromatic carbocycles. The molecule has 0 atom stereocenters. The Labute approximate surface area is 94.2 Å². The molecule has 1 aromatic rings. The standard InChI is InChI=1S/C12H12O4/c1-8-5-4-6-11(7-8)12(15-9(2)13)16-10(3)14/h1,4-7,12H,2-3H3. The number of carbonyl (C=O) groups excluding carboxylic acids is 2. The van der Waals surface area contributed by atoms with Crippen LogP contribution in [-0.4, -0.2) is 11.9 Å². The monoisotopic (exact) mass is 220 g/mol. The van der Waals surface area contributed by atoms with E-state index >= 15 is 0 Å². The lowest BCUT2D eigenvalue weighted by atomic mass is 10.1. The zero-order valence-corrected chi connectivity index (χ0v) is 9.10. The summed E-state index contributed by atoms with van der Waals surface area (Å²) in [6.07, 6.45) is -1.04. The van der Waals surface area contributed by atoms with Crippen molar-refractivity contribution in [2.24, 2.45) is 0 Å². The first-order valence-corrected chi connectivity index (χ1v) is 4.69. The largest absolute Gasteiger partial charge is 0.421 e. The lowest BCUT2D eigenvalue weighted by molar-refractivity contribution is -0.186. The van der Waals surface area contributed by atoms with Crippen LogP contribution in [0.1, 0.15) is 31.3 Å². The van der Waals surface area contributed by atoms with E-state index in [1.807, 2.05) is 0 Å². The van der Waals surface area contributed by atoms with Gasteiger partial charge in [0.1, 0.15) is 0 Å². The fourth-order valence-corrected chi connectivity index (χ4v) is 1.17. The lowest BCUT2D eigenvalue weighted by Gasteiger charge is -2.17.